The zero-order valence-electron chi connectivity index (χ0n) is 13.1. The van der Waals surface area contributed by atoms with Crippen LogP contribution in [0.25, 0.3) is 0 Å². The maximum Gasteiger partial charge on any atom is 0.258 e. The first-order chi connectivity index (χ1) is 11.1. The molecule has 0 atom stereocenters. The van der Waals surface area contributed by atoms with Crippen molar-refractivity contribution in [3.8, 4) is 17.6 Å². The number of methoxy groups -OCH3 is 1. The van der Waals surface area contributed by atoms with E-state index in [1.165, 1.54) is 17.1 Å². The quantitative estimate of drug-likeness (QED) is 0.616. The Morgan fingerprint density at radius 2 is 1.78 bits per heavy atom. The number of hydrogen-bond acceptors (Lipinski definition) is 3. The smallest absolute Gasteiger partial charge is 0.258 e. The molecule has 2 heterocycles. The van der Waals surface area contributed by atoms with Crippen molar-refractivity contribution in [2.24, 2.45) is 0 Å². The first-order valence-electron chi connectivity index (χ1n) is 7.51. The number of halogens is 1. The molecule has 0 N–H and O–H groups in total. The van der Waals surface area contributed by atoms with Gasteiger partial charge in [-0.2, -0.15) is 0 Å². The molecule has 0 aliphatic carbocycles. The number of benzene rings is 1. The number of hydrazine groups is 1. The fraction of sp³-hybridized carbons (Fsp3) is 0.412. The van der Waals surface area contributed by atoms with Gasteiger partial charge >= 0.3 is 0 Å². The van der Waals surface area contributed by atoms with Crippen molar-refractivity contribution in [1.82, 2.24) is 10.0 Å². The van der Waals surface area contributed by atoms with E-state index in [1.54, 1.807) is 19.1 Å². The molecular formula is C17H17ClN2O3. The maximum absolute atomic E-state index is 12.7. The number of carbonyl (C=O) groups excluding carboxylic acids is 2. The fourth-order valence-electron chi connectivity index (χ4n) is 3.13. The van der Waals surface area contributed by atoms with Crippen LogP contribution in [0.3, 0.4) is 0 Å². The summed E-state index contributed by atoms with van der Waals surface area (Å²) in [5.41, 5.74) is 1.12. The van der Waals surface area contributed by atoms with Gasteiger partial charge in [-0.25, -0.2) is 0 Å². The normalized spacial score (nSPS) is 17.9. The van der Waals surface area contributed by atoms with Gasteiger partial charge in [-0.05, 0) is 31.9 Å². The molecule has 1 aromatic carbocycles. The number of hydrogen-bond donors (Lipinski definition) is 0. The van der Waals surface area contributed by atoms with Gasteiger partial charge in [0.15, 0.2) is 5.92 Å². The minimum absolute atomic E-state index is 0.232. The van der Waals surface area contributed by atoms with Gasteiger partial charge in [0.25, 0.3) is 11.8 Å². The molecule has 2 fully saturated rings. The topological polar surface area (TPSA) is 49.9 Å². The van der Waals surface area contributed by atoms with Gasteiger partial charge in [-0.15, -0.1) is 5.92 Å². The second-order valence-electron chi connectivity index (χ2n) is 5.51. The van der Waals surface area contributed by atoms with Gasteiger partial charge in [0.05, 0.1) is 12.1 Å². The van der Waals surface area contributed by atoms with Crippen molar-refractivity contribution >= 4 is 23.4 Å². The van der Waals surface area contributed by atoms with E-state index in [1.807, 2.05) is 0 Å². The largest absolute Gasteiger partial charge is 0.496 e. The van der Waals surface area contributed by atoms with Crippen LogP contribution in [0.15, 0.2) is 12.1 Å². The van der Waals surface area contributed by atoms with Gasteiger partial charge in [-0.3, -0.25) is 19.6 Å². The first-order valence-corrected chi connectivity index (χ1v) is 7.89. The summed E-state index contributed by atoms with van der Waals surface area (Å²) in [4.78, 5) is 25.4. The zero-order chi connectivity index (χ0) is 16.6. The molecule has 5 nitrogen and oxygen atoms in total. The number of nitrogens with zero attached hydrogens (tertiary/aromatic N) is 2. The van der Waals surface area contributed by atoms with Crippen molar-refractivity contribution < 1.29 is 14.3 Å². The van der Waals surface area contributed by atoms with Crippen LogP contribution in [0.5, 0.6) is 5.75 Å². The van der Waals surface area contributed by atoms with Crippen LogP contribution >= 0.6 is 11.6 Å². The van der Waals surface area contributed by atoms with Gasteiger partial charge in [0, 0.05) is 24.2 Å². The Morgan fingerprint density at radius 1 is 1.17 bits per heavy atom. The van der Waals surface area contributed by atoms with Crippen LogP contribution in [0.4, 0.5) is 0 Å². The highest BCUT2D eigenvalue weighted by molar-refractivity contribution is 6.32. The predicted molar refractivity (Wildman–Crippen MR) is 86.0 cm³/mol. The van der Waals surface area contributed by atoms with Gasteiger partial charge < -0.3 is 4.74 Å². The molecular weight excluding hydrogens is 316 g/mol. The number of rotatable bonds is 2. The molecule has 0 bridgehead atoms. The van der Waals surface area contributed by atoms with Crippen molar-refractivity contribution in [1.29, 1.82) is 0 Å². The molecule has 6 heteroatoms. The first kappa shape index (κ1) is 15.7. The molecule has 2 aliphatic rings. The van der Waals surface area contributed by atoms with E-state index in [-0.39, 0.29) is 11.8 Å². The summed E-state index contributed by atoms with van der Waals surface area (Å²) < 4.78 is 5.38. The molecule has 0 radical (unpaired) electrons. The lowest BCUT2D eigenvalue weighted by molar-refractivity contribution is -0.150. The van der Waals surface area contributed by atoms with Crippen molar-refractivity contribution in [3.05, 3.63) is 28.3 Å². The zero-order valence-corrected chi connectivity index (χ0v) is 13.8. The van der Waals surface area contributed by atoms with E-state index in [0.29, 0.717) is 35.0 Å². The average Bonchev–Trinajstić information content (AvgIpc) is 2.80. The molecule has 0 spiro atoms. The Morgan fingerprint density at radius 3 is 2.30 bits per heavy atom. The third-order valence-corrected chi connectivity index (χ3v) is 4.47. The highest BCUT2D eigenvalue weighted by Gasteiger charge is 2.48. The lowest BCUT2D eigenvalue weighted by Crippen LogP contribution is -2.45. The van der Waals surface area contributed by atoms with Crippen molar-refractivity contribution in [2.75, 3.05) is 20.2 Å². The molecule has 23 heavy (non-hydrogen) atoms. The number of carbonyl (C=O) groups is 2. The van der Waals surface area contributed by atoms with E-state index >= 15 is 0 Å². The maximum atomic E-state index is 12.7. The van der Waals surface area contributed by atoms with E-state index < -0.39 is 5.92 Å². The van der Waals surface area contributed by atoms with E-state index in [0.717, 1.165) is 12.8 Å². The monoisotopic (exact) mass is 332 g/mol. The standard InChI is InChI=1S/C17H17ClN2O3/c1-3-6-11-9-12(18)14(13(10-11)23-2)15-16(21)19-7-4-5-8-20(19)17(15)22/h9-10,15H,4-5,7-8H2,1-2H3. The third kappa shape index (κ3) is 2.53. The summed E-state index contributed by atoms with van der Waals surface area (Å²) >= 11 is 6.37. The Bertz CT molecular complexity index is 711. The average molecular weight is 333 g/mol. The lowest BCUT2D eigenvalue weighted by Gasteiger charge is -2.31. The van der Waals surface area contributed by atoms with E-state index in [9.17, 15) is 9.59 Å². The van der Waals surface area contributed by atoms with E-state index in [2.05, 4.69) is 11.8 Å². The highest BCUT2D eigenvalue weighted by atomic mass is 35.5. The summed E-state index contributed by atoms with van der Waals surface area (Å²) in [6.07, 6.45) is 1.80. The predicted octanol–water partition coefficient (Wildman–Crippen LogP) is 2.18. The lowest BCUT2D eigenvalue weighted by atomic mass is 9.95. The molecule has 120 valence electrons. The van der Waals surface area contributed by atoms with Crippen molar-refractivity contribution in [3.63, 3.8) is 0 Å². The summed E-state index contributed by atoms with van der Waals surface area (Å²) in [5, 5.41) is 3.40. The molecule has 1 aromatic rings. The van der Waals surface area contributed by atoms with Gasteiger partial charge in [0.2, 0.25) is 0 Å². The Balaban J connectivity index is 2.08. The number of amides is 2. The minimum Gasteiger partial charge on any atom is -0.496 e. The Hall–Kier alpha value is -2.19. The third-order valence-electron chi connectivity index (χ3n) is 4.15. The van der Waals surface area contributed by atoms with Crippen LogP contribution in [-0.4, -0.2) is 42.0 Å². The molecule has 2 amide bonds. The molecule has 0 unspecified atom stereocenters. The number of fused-ring (bicyclic) bond motifs is 1. The van der Waals surface area contributed by atoms with Crippen LogP contribution in [0.2, 0.25) is 5.02 Å². The Labute approximate surface area is 140 Å². The minimum atomic E-state index is -0.931. The van der Waals surface area contributed by atoms with Crippen LogP contribution < -0.4 is 4.74 Å². The molecule has 3 rings (SSSR count). The van der Waals surface area contributed by atoms with Crippen LogP contribution in [0.1, 0.15) is 36.8 Å². The van der Waals surface area contributed by atoms with Crippen LogP contribution in [-0.2, 0) is 9.59 Å². The Kier molecular flexibility index (Phi) is 4.18. The fourth-order valence-corrected chi connectivity index (χ4v) is 3.45. The SMILES string of the molecule is CC#Cc1cc(Cl)c(C2C(=O)N3CCCCN3C2=O)c(OC)c1. The molecule has 2 saturated heterocycles. The second kappa shape index (κ2) is 6.13. The summed E-state index contributed by atoms with van der Waals surface area (Å²) in [5.74, 6) is 4.73. The van der Waals surface area contributed by atoms with Gasteiger partial charge in [-0.1, -0.05) is 17.5 Å². The molecule has 0 aromatic heterocycles. The second-order valence-corrected chi connectivity index (χ2v) is 5.92. The van der Waals surface area contributed by atoms with Crippen molar-refractivity contribution in [2.45, 2.75) is 25.7 Å². The summed E-state index contributed by atoms with van der Waals surface area (Å²) in [6.45, 7) is 2.87. The number of ether oxygens (including phenoxy) is 1. The summed E-state index contributed by atoms with van der Waals surface area (Å²) in [6, 6.07) is 3.38. The molecule has 0 saturated carbocycles. The summed E-state index contributed by atoms with van der Waals surface area (Å²) in [7, 11) is 1.50. The van der Waals surface area contributed by atoms with E-state index in [4.69, 9.17) is 16.3 Å². The molecule has 2 aliphatic heterocycles. The highest BCUT2D eigenvalue weighted by Crippen LogP contribution is 2.40. The van der Waals surface area contributed by atoms with Gasteiger partial charge in [0.1, 0.15) is 5.75 Å². The van der Waals surface area contributed by atoms with Crippen LogP contribution in [0, 0.1) is 11.8 Å².